The second kappa shape index (κ2) is 3.58. The molecule has 1 nitrogen and oxygen atoms in total. The van der Waals surface area contributed by atoms with E-state index < -0.39 is 0 Å². The van der Waals surface area contributed by atoms with Gasteiger partial charge in [-0.3, -0.25) is 0 Å². The van der Waals surface area contributed by atoms with E-state index in [1.54, 1.807) is 0 Å². The number of hydrogen-bond acceptors (Lipinski definition) is 2. The van der Waals surface area contributed by atoms with Gasteiger partial charge in [0, 0.05) is 4.88 Å². The van der Waals surface area contributed by atoms with Crippen LogP contribution < -0.4 is 5.73 Å². The second-order valence-corrected chi connectivity index (χ2v) is 4.98. The molecule has 0 amide bonds. The number of hydrogen-bond donors (Lipinski definition) is 1. The average molecular weight is 183 g/mol. The summed E-state index contributed by atoms with van der Waals surface area (Å²) in [5.41, 5.74) is 7.24. The second-order valence-electron chi connectivity index (χ2n) is 3.87. The third kappa shape index (κ3) is 2.08. The first-order chi connectivity index (χ1) is 5.56. The van der Waals surface area contributed by atoms with Crippen LogP contribution >= 0.6 is 11.3 Å². The van der Waals surface area contributed by atoms with E-state index in [1.807, 2.05) is 11.3 Å². The lowest BCUT2D eigenvalue weighted by Crippen LogP contribution is -2.20. The highest BCUT2D eigenvalue weighted by atomic mass is 32.1. The third-order valence-electron chi connectivity index (χ3n) is 2.28. The van der Waals surface area contributed by atoms with Crippen LogP contribution in [-0.4, -0.2) is 6.54 Å². The smallest absolute Gasteiger partial charge is 0.00172 e. The van der Waals surface area contributed by atoms with Crippen molar-refractivity contribution in [2.75, 3.05) is 6.54 Å². The van der Waals surface area contributed by atoms with Crippen molar-refractivity contribution in [3.05, 3.63) is 21.9 Å². The summed E-state index contributed by atoms with van der Waals surface area (Å²) in [6.07, 6.45) is 1.06. The fourth-order valence-corrected chi connectivity index (χ4v) is 2.20. The van der Waals surface area contributed by atoms with Gasteiger partial charge in [0.25, 0.3) is 0 Å². The molecule has 0 aliphatic heterocycles. The van der Waals surface area contributed by atoms with Crippen molar-refractivity contribution in [3.63, 3.8) is 0 Å². The molecule has 68 valence electrons. The average Bonchev–Trinajstić information content (AvgIpc) is 2.36. The van der Waals surface area contributed by atoms with Crippen molar-refractivity contribution in [1.29, 1.82) is 0 Å². The van der Waals surface area contributed by atoms with E-state index in [4.69, 9.17) is 5.73 Å². The van der Waals surface area contributed by atoms with E-state index in [0.717, 1.165) is 13.0 Å². The van der Waals surface area contributed by atoms with E-state index in [-0.39, 0.29) is 5.41 Å². The van der Waals surface area contributed by atoms with Gasteiger partial charge in [-0.25, -0.2) is 0 Å². The summed E-state index contributed by atoms with van der Waals surface area (Å²) in [4.78, 5) is 1.38. The minimum absolute atomic E-state index is 0.250. The number of nitrogens with two attached hydrogens (primary N) is 1. The van der Waals surface area contributed by atoms with Gasteiger partial charge in [0.05, 0.1) is 0 Å². The van der Waals surface area contributed by atoms with Gasteiger partial charge in [0.2, 0.25) is 0 Å². The Morgan fingerprint density at radius 2 is 2.17 bits per heavy atom. The molecule has 1 aromatic rings. The monoisotopic (exact) mass is 183 g/mol. The Bertz CT molecular complexity index is 250. The van der Waals surface area contributed by atoms with Crippen molar-refractivity contribution in [2.45, 2.75) is 32.6 Å². The van der Waals surface area contributed by atoms with Crippen LogP contribution in [0.25, 0.3) is 0 Å². The molecule has 2 N–H and O–H groups in total. The summed E-state index contributed by atoms with van der Waals surface area (Å²) in [5.74, 6) is 0. The Kier molecular flexibility index (Phi) is 2.91. The predicted octanol–water partition coefficient (Wildman–Crippen LogP) is 2.68. The van der Waals surface area contributed by atoms with E-state index in [9.17, 15) is 0 Å². The largest absolute Gasteiger partial charge is 0.330 e. The zero-order valence-corrected chi connectivity index (χ0v) is 8.87. The van der Waals surface area contributed by atoms with Gasteiger partial charge in [-0.05, 0) is 42.3 Å². The maximum atomic E-state index is 5.56. The predicted molar refractivity (Wildman–Crippen MR) is 55.8 cm³/mol. The van der Waals surface area contributed by atoms with Crippen LogP contribution in [0.1, 0.15) is 30.7 Å². The van der Waals surface area contributed by atoms with Crippen molar-refractivity contribution < 1.29 is 0 Å². The van der Waals surface area contributed by atoms with Gasteiger partial charge in [0.1, 0.15) is 0 Å². The molecular weight excluding hydrogens is 166 g/mol. The van der Waals surface area contributed by atoms with Gasteiger partial charge in [0.15, 0.2) is 0 Å². The van der Waals surface area contributed by atoms with Crippen molar-refractivity contribution >= 4 is 11.3 Å². The van der Waals surface area contributed by atoms with Gasteiger partial charge >= 0.3 is 0 Å². The molecule has 0 saturated carbocycles. The summed E-state index contributed by atoms with van der Waals surface area (Å²) in [6, 6.07) is 2.26. The molecule has 1 heterocycles. The van der Waals surface area contributed by atoms with E-state index in [2.05, 4.69) is 32.2 Å². The minimum atomic E-state index is 0.250. The Morgan fingerprint density at radius 3 is 2.58 bits per heavy atom. The molecule has 0 fully saturated rings. The summed E-state index contributed by atoms with van der Waals surface area (Å²) < 4.78 is 0. The van der Waals surface area contributed by atoms with Gasteiger partial charge in [-0.15, -0.1) is 11.3 Å². The molecule has 0 spiro atoms. The van der Waals surface area contributed by atoms with Crippen LogP contribution in [-0.2, 0) is 5.41 Å². The highest BCUT2D eigenvalue weighted by Gasteiger charge is 2.20. The lowest BCUT2D eigenvalue weighted by Gasteiger charge is -2.22. The molecule has 0 bridgehead atoms. The third-order valence-corrected chi connectivity index (χ3v) is 3.14. The fourth-order valence-electron chi connectivity index (χ4n) is 1.30. The minimum Gasteiger partial charge on any atom is -0.330 e. The molecule has 1 rings (SSSR count). The molecule has 0 aliphatic carbocycles. The molecule has 2 heteroatoms. The van der Waals surface area contributed by atoms with Gasteiger partial charge < -0.3 is 5.73 Å². The standard InChI is InChI=1S/C10H17NS/c1-8-6-9(7-12-8)10(2,3)4-5-11/h6-7H,4-5,11H2,1-3H3. The van der Waals surface area contributed by atoms with Crippen LogP contribution in [0.3, 0.4) is 0 Å². The zero-order chi connectivity index (χ0) is 9.19. The summed E-state index contributed by atoms with van der Waals surface area (Å²) in [5, 5.41) is 2.24. The maximum absolute atomic E-state index is 5.56. The zero-order valence-electron chi connectivity index (χ0n) is 8.05. The molecule has 0 radical (unpaired) electrons. The highest BCUT2D eigenvalue weighted by Crippen LogP contribution is 2.29. The van der Waals surface area contributed by atoms with Crippen LogP contribution in [0, 0.1) is 6.92 Å². The quantitative estimate of drug-likeness (QED) is 0.766. The van der Waals surface area contributed by atoms with Crippen LogP contribution in [0.15, 0.2) is 11.4 Å². The number of thiophene rings is 1. The molecule has 0 aromatic carbocycles. The molecule has 0 unspecified atom stereocenters. The fraction of sp³-hybridized carbons (Fsp3) is 0.600. The van der Waals surface area contributed by atoms with Gasteiger partial charge in [-0.1, -0.05) is 13.8 Å². The highest BCUT2D eigenvalue weighted by molar-refractivity contribution is 7.10. The molecule has 0 saturated heterocycles. The summed E-state index contributed by atoms with van der Waals surface area (Å²) >= 11 is 1.82. The first-order valence-electron chi connectivity index (χ1n) is 4.32. The SMILES string of the molecule is Cc1cc(C(C)(C)CCN)cs1. The molecule has 12 heavy (non-hydrogen) atoms. The Labute approximate surface area is 78.6 Å². The molecule has 0 aliphatic rings. The van der Waals surface area contributed by atoms with Crippen LogP contribution in [0.5, 0.6) is 0 Å². The van der Waals surface area contributed by atoms with Crippen LogP contribution in [0.4, 0.5) is 0 Å². The summed E-state index contributed by atoms with van der Waals surface area (Å²) in [7, 11) is 0. The molecule has 1 aromatic heterocycles. The Morgan fingerprint density at radius 1 is 1.50 bits per heavy atom. The maximum Gasteiger partial charge on any atom is 0.00172 e. The molecular formula is C10H17NS. The van der Waals surface area contributed by atoms with Crippen molar-refractivity contribution in [2.24, 2.45) is 5.73 Å². The van der Waals surface area contributed by atoms with E-state index in [0.29, 0.717) is 0 Å². The Balaban J connectivity index is 2.81. The summed E-state index contributed by atoms with van der Waals surface area (Å²) in [6.45, 7) is 7.41. The normalized spacial score (nSPS) is 12.0. The van der Waals surface area contributed by atoms with Crippen LogP contribution in [0.2, 0.25) is 0 Å². The lowest BCUT2D eigenvalue weighted by atomic mass is 9.83. The van der Waals surface area contributed by atoms with E-state index >= 15 is 0 Å². The number of rotatable bonds is 3. The first-order valence-corrected chi connectivity index (χ1v) is 5.20. The lowest BCUT2D eigenvalue weighted by molar-refractivity contribution is 0.489. The van der Waals surface area contributed by atoms with Crippen molar-refractivity contribution in [3.8, 4) is 0 Å². The topological polar surface area (TPSA) is 26.0 Å². The van der Waals surface area contributed by atoms with Crippen molar-refractivity contribution in [1.82, 2.24) is 0 Å². The Hall–Kier alpha value is -0.340. The van der Waals surface area contributed by atoms with E-state index in [1.165, 1.54) is 10.4 Å². The first kappa shape index (κ1) is 9.75. The van der Waals surface area contributed by atoms with Gasteiger partial charge in [-0.2, -0.15) is 0 Å². The number of aryl methyl sites for hydroxylation is 1. The molecule has 0 atom stereocenters.